The Hall–Kier alpha value is -1.35. The lowest BCUT2D eigenvalue weighted by atomic mass is 10.1. The molecule has 0 fully saturated rings. The first-order valence-corrected chi connectivity index (χ1v) is 7.60. The van der Waals surface area contributed by atoms with Crippen LogP contribution in [0.2, 0.25) is 0 Å². The standard InChI is InChI=1S/C17H28N2O/c1-13(2)7-5-6-12-18-15(4)17(20)19-16-10-8-14(3)9-11-16/h8-11,13,15,18H,5-7,12H2,1-4H3,(H,19,20). The number of anilines is 1. The Morgan fingerprint density at radius 2 is 1.75 bits per heavy atom. The predicted octanol–water partition coefficient (Wildman–Crippen LogP) is 3.74. The molecule has 1 atom stereocenters. The van der Waals surface area contributed by atoms with Crippen LogP contribution in [0.1, 0.15) is 45.6 Å². The molecule has 3 nitrogen and oxygen atoms in total. The molecule has 1 aromatic carbocycles. The van der Waals surface area contributed by atoms with Gasteiger partial charge in [-0.3, -0.25) is 4.79 Å². The van der Waals surface area contributed by atoms with Crippen LogP contribution in [0.15, 0.2) is 24.3 Å². The highest BCUT2D eigenvalue weighted by atomic mass is 16.2. The topological polar surface area (TPSA) is 41.1 Å². The Kier molecular flexibility index (Phi) is 7.31. The van der Waals surface area contributed by atoms with Crippen LogP contribution >= 0.6 is 0 Å². The monoisotopic (exact) mass is 276 g/mol. The smallest absolute Gasteiger partial charge is 0.241 e. The first-order chi connectivity index (χ1) is 9.49. The third-order valence-electron chi connectivity index (χ3n) is 3.37. The van der Waals surface area contributed by atoms with Crippen molar-refractivity contribution in [2.45, 2.75) is 53.0 Å². The molecule has 1 unspecified atom stereocenters. The highest BCUT2D eigenvalue weighted by molar-refractivity contribution is 5.94. The fourth-order valence-electron chi connectivity index (χ4n) is 1.98. The molecule has 0 radical (unpaired) electrons. The number of carbonyl (C=O) groups excluding carboxylic acids is 1. The number of rotatable bonds is 8. The van der Waals surface area contributed by atoms with Crippen molar-refractivity contribution in [2.75, 3.05) is 11.9 Å². The summed E-state index contributed by atoms with van der Waals surface area (Å²) < 4.78 is 0. The fourth-order valence-corrected chi connectivity index (χ4v) is 1.98. The lowest BCUT2D eigenvalue weighted by Gasteiger charge is -2.14. The third-order valence-corrected chi connectivity index (χ3v) is 3.37. The number of aryl methyl sites for hydroxylation is 1. The Morgan fingerprint density at radius 3 is 2.35 bits per heavy atom. The van der Waals surface area contributed by atoms with Gasteiger partial charge in [-0.1, -0.05) is 44.4 Å². The zero-order chi connectivity index (χ0) is 15.0. The Balaban J connectivity index is 2.23. The van der Waals surface area contributed by atoms with Gasteiger partial charge >= 0.3 is 0 Å². The van der Waals surface area contributed by atoms with E-state index in [0.29, 0.717) is 0 Å². The minimum Gasteiger partial charge on any atom is -0.325 e. The van der Waals surface area contributed by atoms with Crippen LogP contribution < -0.4 is 10.6 Å². The minimum absolute atomic E-state index is 0.0257. The molecule has 0 heterocycles. The normalized spacial score (nSPS) is 12.4. The second-order valence-corrected chi connectivity index (χ2v) is 5.92. The van der Waals surface area contributed by atoms with Crippen molar-refractivity contribution in [3.05, 3.63) is 29.8 Å². The summed E-state index contributed by atoms with van der Waals surface area (Å²) in [6.45, 7) is 9.32. The van der Waals surface area contributed by atoms with E-state index < -0.39 is 0 Å². The maximum absolute atomic E-state index is 12.0. The summed E-state index contributed by atoms with van der Waals surface area (Å²) in [5.41, 5.74) is 2.05. The molecule has 1 amide bonds. The first kappa shape index (κ1) is 16.7. The van der Waals surface area contributed by atoms with Crippen LogP contribution in [0.4, 0.5) is 5.69 Å². The van der Waals surface area contributed by atoms with Crippen molar-refractivity contribution in [3.8, 4) is 0 Å². The van der Waals surface area contributed by atoms with Crippen molar-refractivity contribution in [1.29, 1.82) is 0 Å². The Bertz CT molecular complexity index is 398. The zero-order valence-corrected chi connectivity index (χ0v) is 13.2. The summed E-state index contributed by atoms with van der Waals surface area (Å²) >= 11 is 0. The second kappa shape index (κ2) is 8.75. The molecule has 0 bridgehead atoms. The van der Waals surface area contributed by atoms with E-state index in [1.165, 1.54) is 18.4 Å². The van der Waals surface area contributed by atoms with Crippen molar-refractivity contribution in [3.63, 3.8) is 0 Å². The SMILES string of the molecule is Cc1ccc(NC(=O)C(C)NCCCCC(C)C)cc1. The van der Waals surface area contributed by atoms with E-state index in [1.54, 1.807) is 0 Å². The Labute approximate surface area is 123 Å². The summed E-state index contributed by atoms with van der Waals surface area (Å²) in [5, 5.41) is 6.20. The summed E-state index contributed by atoms with van der Waals surface area (Å²) in [4.78, 5) is 12.0. The van der Waals surface area contributed by atoms with Crippen LogP contribution in [-0.2, 0) is 4.79 Å². The number of hydrogen-bond donors (Lipinski definition) is 2. The predicted molar refractivity (Wildman–Crippen MR) is 86.0 cm³/mol. The highest BCUT2D eigenvalue weighted by Crippen LogP contribution is 2.09. The minimum atomic E-state index is -0.157. The van der Waals surface area contributed by atoms with E-state index in [-0.39, 0.29) is 11.9 Å². The van der Waals surface area contributed by atoms with Crippen molar-refractivity contribution < 1.29 is 4.79 Å². The summed E-state index contributed by atoms with van der Waals surface area (Å²) in [5.74, 6) is 0.787. The molecule has 0 aliphatic heterocycles. The van der Waals surface area contributed by atoms with Crippen LogP contribution in [0.3, 0.4) is 0 Å². The van der Waals surface area contributed by atoms with Crippen molar-refractivity contribution in [1.82, 2.24) is 5.32 Å². The molecule has 20 heavy (non-hydrogen) atoms. The summed E-state index contributed by atoms with van der Waals surface area (Å²) in [6.07, 6.45) is 3.60. The largest absolute Gasteiger partial charge is 0.325 e. The van der Waals surface area contributed by atoms with Crippen LogP contribution in [0, 0.1) is 12.8 Å². The quantitative estimate of drug-likeness (QED) is 0.710. The molecule has 0 saturated carbocycles. The number of unbranched alkanes of at least 4 members (excludes halogenated alkanes) is 1. The van der Waals surface area contributed by atoms with Gasteiger partial charge in [0.15, 0.2) is 0 Å². The average Bonchev–Trinajstić information content (AvgIpc) is 2.40. The summed E-state index contributed by atoms with van der Waals surface area (Å²) in [6, 6.07) is 7.71. The van der Waals surface area contributed by atoms with Gasteiger partial charge in [-0.2, -0.15) is 0 Å². The van der Waals surface area contributed by atoms with E-state index in [4.69, 9.17) is 0 Å². The number of nitrogens with one attached hydrogen (secondary N) is 2. The van der Waals surface area contributed by atoms with Gasteiger partial charge in [-0.05, 0) is 44.9 Å². The molecule has 0 aliphatic carbocycles. The second-order valence-electron chi connectivity index (χ2n) is 5.92. The van der Waals surface area contributed by atoms with Gasteiger partial charge in [0.1, 0.15) is 0 Å². The van der Waals surface area contributed by atoms with E-state index >= 15 is 0 Å². The number of hydrogen-bond acceptors (Lipinski definition) is 2. The maximum Gasteiger partial charge on any atom is 0.241 e. The van der Waals surface area contributed by atoms with Gasteiger partial charge in [0.05, 0.1) is 6.04 Å². The lowest BCUT2D eigenvalue weighted by molar-refractivity contribution is -0.117. The average molecular weight is 276 g/mol. The van der Waals surface area contributed by atoms with Gasteiger partial charge in [0.2, 0.25) is 5.91 Å². The number of amides is 1. The highest BCUT2D eigenvalue weighted by Gasteiger charge is 2.11. The third kappa shape index (κ3) is 6.71. The van der Waals surface area contributed by atoms with Gasteiger partial charge in [0.25, 0.3) is 0 Å². The molecule has 1 aromatic rings. The number of carbonyl (C=O) groups is 1. The zero-order valence-electron chi connectivity index (χ0n) is 13.2. The molecular weight excluding hydrogens is 248 g/mol. The van der Waals surface area contributed by atoms with Crippen LogP contribution in [0.25, 0.3) is 0 Å². The molecule has 2 N–H and O–H groups in total. The summed E-state index contributed by atoms with van der Waals surface area (Å²) in [7, 11) is 0. The molecular formula is C17H28N2O. The van der Waals surface area contributed by atoms with Crippen LogP contribution in [0.5, 0.6) is 0 Å². The molecule has 3 heteroatoms. The van der Waals surface area contributed by atoms with Gasteiger partial charge in [0, 0.05) is 5.69 Å². The molecule has 112 valence electrons. The molecule has 0 aromatic heterocycles. The maximum atomic E-state index is 12.0. The van der Waals surface area contributed by atoms with Crippen LogP contribution in [-0.4, -0.2) is 18.5 Å². The number of benzene rings is 1. The van der Waals surface area contributed by atoms with Gasteiger partial charge in [-0.15, -0.1) is 0 Å². The molecule has 0 aliphatic rings. The fraction of sp³-hybridized carbons (Fsp3) is 0.588. The van der Waals surface area contributed by atoms with Crippen molar-refractivity contribution in [2.24, 2.45) is 5.92 Å². The van der Waals surface area contributed by atoms with E-state index in [1.807, 2.05) is 38.1 Å². The molecule has 0 saturated heterocycles. The lowest BCUT2D eigenvalue weighted by Crippen LogP contribution is -2.38. The van der Waals surface area contributed by atoms with Gasteiger partial charge in [-0.25, -0.2) is 0 Å². The van der Waals surface area contributed by atoms with Crippen molar-refractivity contribution >= 4 is 11.6 Å². The van der Waals surface area contributed by atoms with Gasteiger partial charge < -0.3 is 10.6 Å². The first-order valence-electron chi connectivity index (χ1n) is 7.60. The molecule has 0 spiro atoms. The van der Waals surface area contributed by atoms with E-state index in [0.717, 1.165) is 24.6 Å². The Morgan fingerprint density at radius 1 is 1.10 bits per heavy atom. The van der Waals surface area contributed by atoms with E-state index in [2.05, 4.69) is 24.5 Å². The van der Waals surface area contributed by atoms with E-state index in [9.17, 15) is 4.79 Å². The molecule has 1 rings (SSSR count).